The Morgan fingerprint density at radius 2 is 0.783 bits per heavy atom. The van der Waals surface area contributed by atoms with E-state index in [1.165, 1.54) is 64.2 Å². The molecule has 1 aliphatic rings. The molecule has 46 heavy (non-hydrogen) atoms. The van der Waals surface area contributed by atoms with E-state index in [-0.39, 0.29) is 0 Å². The molecule has 0 aromatic heterocycles. The summed E-state index contributed by atoms with van der Waals surface area (Å²) in [7, 11) is -1.66. The Morgan fingerprint density at radius 3 is 1.33 bits per heavy atom. The van der Waals surface area contributed by atoms with Crippen LogP contribution in [0, 0.1) is 0 Å². The molecule has 1 aliphatic carbocycles. The lowest BCUT2D eigenvalue weighted by Crippen LogP contribution is -2.37. The highest BCUT2D eigenvalue weighted by Gasteiger charge is 2.27. The molecule has 0 saturated carbocycles. The van der Waals surface area contributed by atoms with Crippen LogP contribution in [0.15, 0.2) is 170 Å². The summed E-state index contributed by atoms with van der Waals surface area (Å²) in [5, 5.41) is 13.7. The Kier molecular flexibility index (Phi) is 8.17. The predicted molar refractivity (Wildman–Crippen MR) is 204 cm³/mol. The Morgan fingerprint density at radius 1 is 0.348 bits per heavy atom. The zero-order valence-corrected chi connectivity index (χ0v) is 27.4. The van der Waals surface area contributed by atoms with E-state index in [0.717, 1.165) is 12.8 Å². The average molecular weight is 625 g/mol. The fourth-order valence-corrected chi connectivity index (χ4v) is 11.8. The first kappa shape index (κ1) is 28.8. The Balaban J connectivity index is 1.53. The summed E-state index contributed by atoms with van der Waals surface area (Å²) in [6.45, 7) is 0. The molecule has 0 fully saturated rings. The summed E-state index contributed by atoms with van der Waals surface area (Å²) >= 11 is 0. The quantitative estimate of drug-likeness (QED) is 0.163. The lowest BCUT2D eigenvalue weighted by atomic mass is 9.93. The van der Waals surface area contributed by atoms with Crippen LogP contribution in [-0.2, 0) is 0 Å². The molecule has 8 rings (SSSR count). The van der Waals surface area contributed by atoms with Gasteiger partial charge >= 0.3 is 0 Å². The van der Waals surface area contributed by atoms with Gasteiger partial charge in [-0.2, -0.15) is 0 Å². The summed E-state index contributed by atoms with van der Waals surface area (Å²) in [5.74, 6) is 0. The average Bonchev–Trinajstić information content (AvgIpc) is 3.14. The first-order valence-electron chi connectivity index (χ1n) is 16.0. The lowest BCUT2D eigenvalue weighted by Gasteiger charge is -2.28. The molecule has 0 amide bonds. The lowest BCUT2D eigenvalue weighted by molar-refractivity contribution is 1.12. The molecular formula is C44H34P2. The summed E-state index contributed by atoms with van der Waals surface area (Å²) < 4.78 is 0. The van der Waals surface area contributed by atoms with Crippen molar-refractivity contribution in [2.45, 2.75) is 12.8 Å². The number of fused-ring (bicyclic) bond motifs is 2. The fraction of sp³-hybridized carbons (Fsp3) is 0.0455. The molecule has 0 nitrogen and oxygen atoms in total. The summed E-state index contributed by atoms with van der Waals surface area (Å²) in [6.07, 6.45) is 7.10. The van der Waals surface area contributed by atoms with E-state index in [1.807, 2.05) is 0 Å². The molecule has 7 aromatic carbocycles. The van der Waals surface area contributed by atoms with Gasteiger partial charge in [0.1, 0.15) is 0 Å². The smallest absolute Gasteiger partial charge is 0.000895 e. The molecular weight excluding hydrogens is 590 g/mol. The van der Waals surface area contributed by atoms with Gasteiger partial charge < -0.3 is 0 Å². The molecule has 7 aromatic rings. The van der Waals surface area contributed by atoms with Crippen molar-refractivity contribution in [3.05, 3.63) is 180 Å². The van der Waals surface area contributed by atoms with E-state index in [9.17, 15) is 0 Å². The predicted octanol–water partition coefficient (Wildman–Crippen LogP) is 7.38. The molecule has 0 spiro atoms. The van der Waals surface area contributed by atoms with Crippen LogP contribution in [0.2, 0.25) is 0 Å². The molecule has 2 heteroatoms. The third kappa shape index (κ3) is 5.43. The molecule has 0 heterocycles. The largest absolute Gasteiger partial charge is 0.0763 e. The van der Waals surface area contributed by atoms with E-state index < -0.39 is 15.8 Å². The molecule has 0 saturated heterocycles. The minimum Gasteiger partial charge on any atom is -0.0763 e. The maximum Gasteiger partial charge on any atom is -0.000895 e. The first-order valence-corrected chi connectivity index (χ1v) is 18.7. The SMILES string of the molecule is C1=c2ccc(P(c3ccccc3)c3ccccc3)c(-c3c(P(c4ccccc4)c4ccccc4)ccc4ccccc34)c2=CCC1. The summed E-state index contributed by atoms with van der Waals surface area (Å²) in [5.41, 5.74) is 2.79. The van der Waals surface area contributed by atoms with Gasteiger partial charge in [-0.25, -0.2) is 0 Å². The number of hydrogen-bond acceptors (Lipinski definition) is 0. The van der Waals surface area contributed by atoms with Gasteiger partial charge in [0.25, 0.3) is 0 Å². The van der Waals surface area contributed by atoms with Crippen LogP contribution >= 0.6 is 15.8 Å². The van der Waals surface area contributed by atoms with Gasteiger partial charge in [-0.15, -0.1) is 0 Å². The van der Waals surface area contributed by atoms with Crippen molar-refractivity contribution in [1.29, 1.82) is 0 Å². The maximum absolute atomic E-state index is 2.51. The molecule has 0 atom stereocenters. The van der Waals surface area contributed by atoms with Crippen LogP contribution < -0.4 is 42.3 Å². The highest BCUT2D eigenvalue weighted by atomic mass is 31.1. The van der Waals surface area contributed by atoms with Crippen LogP contribution in [0.3, 0.4) is 0 Å². The van der Waals surface area contributed by atoms with E-state index in [1.54, 1.807) is 0 Å². The minimum atomic E-state index is -0.834. The van der Waals surface area contributed by atoms with E-state index in [0.29, 0.717) is 0 Å². The second kappa shape index (κ2) is 13.0. The van der Waals surface area contributed by atoms with Crippen molar-refractivity contribution in [1.82, 2.24) is 0 Å². The zero-order chi connectivity index (χ0) is 30.7. The number of benzene rings is 7. The summed E-state index contributed by atoms with van der Waals surface area (Å²) in [6, 6.07) is 63.3. The molecule has 0 bridgehead atoms. The van der Waals surface area contributed by atoms with E-state index in [2.05, 4.69) is 182 Å². The van der Waals surface area contributed by atoms with Crippen molar-refractivity contribution in [3.8, 4) is 11.1 Å². The molecule has 220 valence electrons. The zero-order valence-electron chi connectivity index (χ0n) is 25.6. The van der Waals surface area contributed by atoms with Gasteiger partial charge in [0.15, 0.2) is 0 Å². The van der Waals surface area contributed by atoms with Crippen LogP contribution in [0.1, 0.15) is 12.8 Å². The van der Waals surface area contributed by atoms with Gasteiger partial charge in [0.05, 0.1) is 0 Å². The Bertz CT molecular complexity index is 2160. The molecule has 0 radical (unpaired) electrons. The van der Waals surface area contributed by atoms with E-state index >= 15 is 0 Å². The maximum atomic E-state index is 2.51. The van der Waals surface area contributed by atoms with Crippen molar-refractivity contribution in [3.63, 3.8) is 0 Å². The molecule has 0 aliphatic heterocycles. The standard InChI is InChI=1S/C44H34P2/c1-5-19-35(20-6-1)45(36-21-7-2-8-22-36)41-31-29-33-17-13-15-27-39(33)43(41)44-40-28-16-14-18-34(40)30-32-42(44)46(37-23-9-3-10-24-37)38-25-11-4-12-26-38/h1-13,15,17-32H,14,16H2. The van der Waals surface area contributed by atoms with Gasteiger partial charge in [0, 0.05) is 0 Å². The summed E-state index contributed by atoms with van der Waals surface area (Å²) in [4.78, 5) is 0. The van der Waals surface area contributed by atoms with Crippen LogP contribution in [0.5, 0.6) is 0 Å². The van der Waals surface area contributed by atoms with Crippen molar-refractivity contribution < 1.29 is 0 Å². The second-order valence-electron chi connectivity index (χ2n) is 11.6. The number of hydrogen-bond donors (Lipinski definition) is 0. The Labute approximate surface area is 273 Å². The van der Waals surface area contributed by atoms with E-state index in [4.69, 9.17) is 0 Å². The second-order valence-corrected chi connectivity index (χ2v) is 16.0. The van der Waals surface area contributed by atoms with Crippen molar-refractivity contribution >= 4 is 70.6 Å². The third-order valence-electron chi connectivity index (χ3n) is 8.83. The van der Waals surface area contributed by atoms with Gasteiger partial charge in [-0.05, 0) is 92.8 Å². The highest BCUT2D eigenvalue weighted by Crippen LogP contribution is 2.42. The minimum absolute atomic E-state index is 0.828. The van der Waals surface area contributed by atoms with Gasteiger partial charge in [-0.3, -0.25) is 0 Å². The Hall–Kier alpha value is -4.60. The normalized spacial score (nSPS) is 12.5. The van der Waals surface area contributed by atoms with Crippen LogP contribution in [0.4, 0.5) is 0 Å². The fourth-order valence-electron chi connectivity index (χ4n) is 6.81. The monoisotopic (exact) mass is 624 g/mol. The first-order chi connectivity index (χ1) is 22.9. The molecule has 0 N–H and O–H groups in total. The van der Waals surface area contributed by atoms with Crippen LogP contribution in [-0.4, -0.2) is 0 Å². The van der Waals surface area contributed by atoms with Gasteiger partial charge in [0.2, 0.25) is 0 Å². The third-order valence-corrected chi connectivity index (χ3v) is 13.8. The van der Waals surface area contributed by atoms with Gasteiger partial charge in [-0.1, -0.05) is 182 Å². The topological polar surface area (TPSA) is 0 Å². The molecule has 0 unspecified atom stereocenters. The van der Waals surface area contributed by atoms with Crippen molar-refractivity contribution in [2.75, 3.05) is 0 Å². The van der Waals surface area contributed by atoms with Crippen molar-refractivity contribution in [2.24, 2.45) is 0 Å². The highest BCUT2D eigenvalue weighted by molar-refractivity contribution is 7.80. The van der Waals surface area contributed by atoms with Crippen LogP contribution in [0.25, 0.3) is 34.1 Å². The number of rotatable bonds is 7.